The fourth-order valence-corrected chi connectivity index (χ4v) is 4.73. The number of hydrogen-bond donors (Lipinski definition) is 6. The number of carbonyl (C=O) groups is 1. The lowest BCUT2D eigenvalue weighted by atomic mass is 10.1. The Morgan fingerprint density at radius 1 is 1.15 bits per heavy atom. The van der Waals surface area contributed by atoms with Crippen molar-refractivity contribution < 1.29 is 20.1 Å². The van der Waals surface area contributed by atoms with Crippen molar-refractivity contribution in [3.8, 4) is 11.3 Å². The van der Waals surface area contributed by atoms with E-state index in [1.165, 1.54) is 5.31 Å². The Morgan fingerprint density at radius 3 is 2.76 bits per heavy atom. The third-order valence-corrected chi connectivity index (χ3v) is 6.69. The summed E-state index contributed by atoms with van der Waals surface area (Å²) in [5.41, 5.74) is 3.26. The number of carboxylic acid groups (broad SMARTS) is 1. The van der Waals surface area contributed by atoms with Gasteiger partial charge in [-0.15, -0.1) is 9.24 Å². The van der Waals surface area contributed by atoms with Crippen molar-refractivity contribution in [2.75, 3.05) is 6.54 Å². The second-order valence-corrected chi connectivity index (χ2v) is 9.52. The number of carboxylic acids is 1. The summed E-state index contributed by atoms with van der Waals surface area (Å²) in [7, 11) is 2.78. The summed E-state index contributed by atoms with van der Waals surface area (Å²) in [5, 5.41) is 35.7. The van der Waals surface area contributed by atoms with Crippen LogP contribution in [0.4, 0.5) is 0 Å². The van der Waals surface area contributed by atoms with E-state index < -0.39 is 18.2 Å². The number of hydrogen-bond acceptors (Lipinski definition) is 5. The number of H-pyrrole nitrogens is 2. The lowest BCUT2D eigenvalue weighted by Gasteiger charge is -2.14. The Morgan fingerprint density at radius 2 is 1.97 bits per heavy atom. The summed E-state index contributed by atoms with van der Waals surface area (Å²) in [6.45, 7) is 1.12. The summed E-state index contributed by atoms with van der Waals surface area (Å²) in [6, 6.07) is 10.00. The van der Waals surface area contributed by atoms with Gasteiger partial charge in [0, 0.05) is 28.0 Å². The molecule has 3 aromatic rings. The second kappa shape index (κ2) is 10.7. The molecule has 0 amide bonds. The maximum absolute atomic E-state index is 12.7. The van der Waals surface area contributed by atoms with Crippen molar-refractivity contribution >= 4 is 37.5 Å². The van der Waals surface area contributed by atoms with Crippen LogP contribution in [0.3, 0.4) is 0 Å². The summed E-state index contributed by atoms with van der Waals surface area (Å²) in [5.74, 6) is -1.08. The van der Waals surface area contributed by atoms with Gasteiger partial charge < -0.3 is 30.6 Å². The standard InChI is InChI=1S/C25H30N3O5P/c29-16(10-17(30)11-24(31)32)6-7-26-13-14-4-5-15-9-22(27-21(15)8-14)19-12-18-20(28-25(19)33)2-1-3-23(18)34/h2,4-5,8-9,12,16-17,26-27,29-30H,1,3,6-7,10-11,13,34H2,(H,28,33)(H,31,32). The van der Waals surface area contributed by atoms with Crippen LogP contribution >= 0.6 is 9.24 Å². The van der Waals surface area contributed by atoms with Gasteiger partial charge in [-0.25, -0.2) is 0 Å². The fourth-order valence-electron chi connectivity index (χ4n) is 4.33. The number of aliphatic carboxylic acids is 1. The van der Waals surface area contributed by atoms with E-state index in [-0.39, 0.29) is 18.4 Å². The minimum Gasteiger partial charge on any atom is -0.481 e. The monoisotopic (exact) mass is 483 g/mol. The predicted octanol–water partition coefficient (Wildman–Crippen LogP) is 1.15. The Bertz CT molecular complexity index is 1380. The highest BCUT2D eigenvalue weighted by Gasteiger charge is 2.15. The number of rotatable bonds is 10. The van der Waals surface area contributed by atoms with Crippen molar-refractivity contribution in [3.63, 3.8) is 0 Å². The van der Waals surface area contributed by atoms with Gasteiger partial charge in [0.1, 0.15) is 0 Å². The van der Waals surface area contributed by atoms with Crippen LogP contribution in [-0.2, 0) is 11.3 Å². The van der Waals surface area contributed by atoms with E-state index in [2.05, 4.69) is 30.6 Å². The quantitative estimate of drug-likeness (QED) is 0.189. The molecule has 1 aromatic carbocycles. The maximum Gasteiger partial charge on any atom is 0.305 e. The zero-order valence-electron chi connectivity index (χ0n) is 18.8. The van der Waals surface area contributed by atoms with Crippen LogP contribution < -0.4 is 21.4 Å². The third-order valence-electron chi connectivity index (χ3n) is 6.09. The van der Waals surface area contributed by atoms with Crippen LogP contribution in [-0.4, -0.2) is 50.0 Å². The fraction of sp³-hybridized carbons (Fsp3) is 0.360. The summed E-state index contributed by atoms with van der Waals surface area (Å²) in [4.78, 5) is 29.7. The molecule has 0 bridgehead atoms. The van der Waals surface area contributed by atoms with Crippen LogP contribution in [0, 0.1) is 0 Å². The van der Waals surface area contributed by atoms with Crippen molar-refractivity contribution in [2.45, 2.75) is 50.9 Å². The predicted molar refractivity (Wildman–Crippen MR) is 136 cm³/mol. The highest BCUT2D eigenvalue weighted by molar-refractivity contribution is 7.30. The minimum absolute atomic E-state index is 0.0427. The first-order valence-corrected chi connectivity index (χ1v) is 12.0. The smallest absolute Gasteiger partial charge is 0.305 e. The molecule has 2 heterocycles. The second-order valence-electron chi connectivity index (χ2n) is 8.82. The van der Waals surface area contributed by atoms with E-state index in [9.17, 15) is 19.8 Å². The van der Waals surface area contributed by atoms with Gasteiger partial charge in [-0.3, -0.25) is 9.59 Å². The lowest BCUT2D eigenvalue weighted by Crippen LogP contribution is -2.37. The molecule has 1 aliphatic carbocycles. The van der Waals surface area contributed by atoms with Crippen LogP contribution in [0.5, 0.6) is 0 Å². The van der Waals surface area contributed by atoms with Gasteiger partial charge in [0.05, 0.1) is 29.9 Å². The number of aromatic nitrogens is 2. The first kappa shape index (κ1) is 24.4. The molecule has 0 radical (unpaired) electrons. The average molecular weight is 484 g/mol. The van der Waals surface area contributed by atoms with Crippen LogP contribution in [0.15, 0.2) is 35.1 Å². The first-order valence-electron chi connectivity index (χ1n) is 11.4. The van der Waals surface area contributed by atoms with E-state index in [4.69, 9.17) is 5.11 Å². The number of benzene rings is 1. The molecule has 0 saturated carbocycles. The molecule has 0 saturated heterocycles. The Balaban J connectivity index is 1.41. The molecule has 8 nitrogen and oxygen atoms in total. The van der Waals surface area contributed by atoms with Crippen molar-refractivity contribution in [1.82, 2.24) is 15.3 Å². The van der Waals surface area contributed by atoms with Gasteiger partial charge in [0.2, 0.25) is 0 Å². The van der Waals surface area contributed by atoms with E-state index in [0.717, 1.165) is 45.6 Å². The van der Waals surface area contributed by atoms with Gasteiger partial charge in [-0.1, -0.05) is 18.2 Å². The normalized spacial score (nSPS) is 15.1. The molecule has 2 aromatic heterocycles. The van der Waals surface area contributed by atoms with Gasteiger partial charge in [0.15, 0.2) is 0 Å². The molecule has 9 heteroatoms. The van der Waals surface area contributed by atoms with E-state index in [1.807, 2.05) is 30.3 Å². The molecular formula is C25H30N3O5P. The van der Waals surface area contributed by atoms with Crippen LogP contribution in [0.2, 0.25) is 0 Å². The molecule has 34 heavy (non-hydrogen) atoms. The van der Waals surface area contributed by atoms with E-state index >= 15 is 0 Å². The Hall–Kier alpha value is -2.77. The molecular weight excluding hydrogens is 453 g/mol. The van der Waals surface area contributed by atoms with Crippen molar-refractivity contribution in [3.05, 3.63) is 56.8 Å². The highest BCUT2D eigenvalue weighted by Crippen LogP contribution is 2.23. The average Bonchev–Trinajstić information content (AvgIpc) is 3.19. The number of nitrogens with one attached hydrogen (secondary N) is 3. The SMILES string of the molecule is O=C(O)CC(O)CC(O)CCNCc1ccc2cc(-c3cc4c([nH]c3=O)=CCCC=4P)[nH]c2c1. The topological polar surface area (TPSA) is 138 Å². The molecule has 0 spiro atoms. The Kier molecular flexibility index (Phi) is 7.63. The van der Waals surface area contributed by atoms with Crippen LogP contribution in [0.25, 0.3) is 33.6 Å². The van der Waals surface area contributed by atoms with Gasteiger partial charge in [-0.2, -0.15) is 0 Å². The van der Waals surface area contributed by atoms with Crippen molar-refractivity contribution in [1.29, 1.82) is 0 Å². The number of fused-ring (bicyclic) bond motifs is 2. The molecule has 3 atom stereocenters. The third kappa shape index (κ3) is 5.83. The van der Waals surface area contributed by atoms with E-state index in [0.29, 0.717) is 25.1 Å². The largest absolute Gasteiger partial charge is 0.481 e. The number of pyridine rings is 1. The molecule has 4 rings (SSSR count). The molecule has 0 fully saturated rings. The summed E-state index contributed by atoms with van der Waals surface area (Å²) in [6.07, 6.45) is 2.24. The zero-order chi connectivity index (χ0) is 24.2. The Labute approximate surface area is 198 Å². The number of aliphatic hydroxyl groups excluding tert-OH is 2. The minimum atomic E-state index is -1.08. The van der Waals surface area contributed by atoms with E-state index in [1.54, 1.807) is 0 Å². The van der Waals surface area contributed by atoms with Gasteiger partial charge >= 0.3 is 5.97 Å². The number of aliphatic hydroxyl groups is 2. The summed E-state index contributed by atoms with van der Waals surface area (Å²) >= 11 is 0. The summed E-state index contributed by atoms with van der Waals surface area (Å²) < 4.78 is 0. The zero-order valence-corrected chi connectivity index (χ0v) is 20.0. The molecule has 180 valence electrons. The highest BCUT2D eigenvalue weighted by atomic mass is 31.0. The molecule has 3 unspecified atom stereocenters. The first-order chi connectivity index (χ1) is 16.3. The number of aromatic amines is 2. The molecule has 6 N–H and O–H groups in total. The molecule has 1 aliphatic rings. The van der Waals surface area contributed by atoms with Crippen molar-refractivity contribution in [2.24, 2.45) is 0 Å². The van der Waals surface area contributed by atoms with Gasteiger partial charge in [0.25, 0.3) is 5.56 Å². The lowest BCUT2D eigenvalue weighted by molar-refractivity contribution is -0.139. The van der Waals surface area contributed by atoms with Gasteiger partial charge in [-0.05, 0) is 61.3 Å². The van der Waals surface area contributed by atoms with Crippen LogP contribution in [0.1, 0.15) is 37.7 Å². The maximum atomic E-state index is 12.7. The molecule has 0 aliphatic heterocycles.